The predicted octanol–water partition coefficient (Wildman–Crippen LogP) is 2.64. The highest BCUT2D eigenvalue weighted by atomic mass is 35.5. The molecule has 1 aromatic rings. The molecular weight excluding hydrogens is 192 g/mol. The molecule has 0 aliphatic carbocycles. The summed E-state index contributed by atoms with van der Waals surface area (Å²) >= 11 is 7.35. The first-order valence-electron chi connectivity index (χ1n) is 5.19. The molecule has 1 aromatic heterocycles. The van der Waals surface area contributed by atoms with Gasteiger partial charge in [0.25, 0.3) is 0 Å². The molecule has 0 aromatic carbocycles. The third-order valence-corrected chi connectivity index (χ3v) is 3.05. The van der Waals surface area contributed by atoms with E-state index >= 15 is 0 Å². The SMILES string of the molecule is [2H]C([2H])([2H])NCc1nc(C(C)C)sc1Cl. The molecule has 0 fully saturated rings. The molecule has 4 heteroatoms. The topological polar surface area (TPSA) is 24.9 Å². The fourth-order valence-corrected chi connectivity index (χ4v) is 1.95. The summed E-state index contributed by atoms with van der Waals surface area (Å²) in [5.41, 5.74) is 0.612. The Labute approximate surface area is 86.2 Å². The zero-order chi connectivity index (χ0) is 11.6. The lowest BCUT2D eigenvalue weighted by atomic mass is 10.2. The van der Waals surface area contributed by atoms with Crippen LogP contribution < -0.4 is 5.32 Å². The van der Waals surface area contributed by atoms with E-state index in [1.165, 1.54) is 11.3 Å². The Kier molecular flexibility index (Phi) is 2.23. The van der Waals surface area contributed by atoms with Crippen molar-refractivity contribution in [1.82, 2.24) is 10.3 Å². The Morgan fingerprint density at radius 2 is 2.50 bits per heavy atom. The van der Waals surface area contributed by atoms with Crippen molar-refractivity contribution in [2.24, 2.45) is 0 Å². The van der Waals surface area contributed by atoms with Crippen molar-refractivity contribution in [2.75, 3.05) is 6.98 Å². The molecule has 1 heterocycles. The molecule has 0 unspecified atom stereocenters. The van der Waals surface area contributed by atoms with E-state index in [1.807, 2.05) is 13.8 Å². The van der Waals surface area contributed by atoms with E-state index in [4.69, 9.17) is 15.7 Å². The van der Waals surface area contributed by atoms with Crippen LogP contribution in [0.5, 0.6) is 0 Å². The van der Waals surface area contributed by atoms with Gasteiger partial charge in [0.1, 0.15) is 4.34 Å². The highest BCUT2D eigenvalue weighted by molar-refractivity contribution is 7.16. The molecule has 1 N–H and O–H groups in total. The minimum Gasteiger partial charge on any atom is -0.314 e. The molecular formula is C8H13ClN2S. The second kappa shape index (κ2) is 4.21. The fraction of sp³-hybridized carbons (Fsp3) is 0.625. The molecule has 0 spiro atoms. The van der Waals surface area contributed by atoms with Crippen LogP contribution in [0.25, 0.3) is 0 Å². The lowest BCUT2D eigenvalue weighted by Crippen LogP contribution is -2.05. The smallest absolute Gasteiger partial charge is 0.117 e. The molecule has 0 radical (unpaired) electrons. The van der Waals surface area contributed by atoms with Gasteiger partial charge in [-0.05, 0) is 6.98 Å². The molecule has 12 heavy (non-hydrogen) atoms. The second-order valence-electron chi connectivity index (χ2n) is 2.78. The first-order valence-corrected chi connectivity index (χ1v) is 4.89. The highest BCUT2D eigenvalue weighted by Gasteiger charge is 2.10. The van der Waals surface area contributed by atoms with Gasteiger partial charge >= 0.3 is 0 Å². The van der Waals surface area contributed by atoms with Gasteiger partial charge in [0, 0.05) is 16.6 Å². The average Bonchev–Trinajstić information content (AvgIpc) is 2.42. The van der Waals surface area contributed by atoms with Crippen LogP contribution in [-0.4, -0.2) is 12.0 Å². The molecule has 0 amide bonds. The second-order valence-corrected chi connectivity index (χ2v) is 4.41. The van der Waals surface area contributed by atoms with Gasteiger partial charge in [-0.1, -0.05) is 25.4 Å². The zero-order valence-electron chi connectivity index (χ0n) is 10.0. The van der Waals surface area contributed by atoms with Gasteiger partial charge in [0.15, 0.2) is 0 Å². The average molecular weight is 208 g/mol. The molecule has 0 saturated heterocycles. The van der Waals surface area contributed by atoms with Gasteiger partial charge in [0.05, 0.1) is 10.7 Å². The van der Waals surface area contributed by atoms with E-state index in [-0.39, 0.29) is 6.54 Å². The largest absolute Gasteiger partial charge is 0.314 e. The number of hydrogen-bond acceptors (Lipinski definition) is 3. The Balaban J connectivity index is 2.69. The zero-order valence-corrected chi connectivity index (χ0v) is 8.59. The van der Waals surface area contributed by atoms with Crippen molar-refractivity contribution in [3.63, 3.8) is 0 Å². The van der Waals surface area contributed by atoms with Crippen LogP contribution in [0.15, 0.2) is 0 Å². The van der Waals surface area contributed by atoms with Gasteiger partial charge in [-0.3, -0.25) is 0 Å². The quantitative estimate of drug-likeness (QED) is 0.825. The Morgan fingerprint density at radius 3 is 3.00 bits per heavy atom. The van der Waals surface area contributed by atoms with Crippen LogP contribution in [0.4, 0.5) is 0 Å². The number of rotatable bonds is 3. The molecule has 0 atom stereocenters. The van der Waals surface area contributed by atoms with Crippen LogP contribution in [0.1, 0.15) is 34.6 Å². The molecule has 0 aliphatic heterocycles. The van der Waals surface area contributed by atoms with Gasteiger partial charge in [0.2, 0.25) is 0 Å². The van der Waals surface area contributed by atoms with Crippen LogP contribution in [0.3, 0.4) is 0 Å². The first-order chi connectivity index (χ1) is 6.79. The van der Waals surface area contributed by atoms with Crippen LogP contribution >= 0.6 is 22.9 Å². The number of aromatic nitrogens is 1. The maximum atomic E-state index is 7.00. The van der Waals surface area contributed by atoms with Crippen molar-refractivity contribution in [3.05, 3.63) is 15.0 Å². The minimum absolute atomic E-state index is 0.179. The molecule has 2 nitrogen and oxygen atoms in total. The number of nitrogens with zero attached hydrogens (tertiary/aromatic N) is 1. The van der Waals surface area contributed by atoms with Crippen molar-refractivity contribution < 1.29 is 4.11 Å². The summed E-state index contributed by atoms with van der Waals surface area (Å²) in [7, 11) is 0. The normalized spacial score (nSPS) is 15.8. The summed E-state index contributed by atoms with van der Waals surface area (Å²) in [6.45, 7) is 2.08. The molecule has 1 rings (SSSR count). The van der Waals surface area contributed by atoms with E-state index in [2.05, 4.69) is 10.3 Å². The summed E-state index contributed by atoms with van der Waals surface area (Å²) in [6.07, 6.45) is 0. The first kappa shape index (κ1) is 6.35. The van der Waals surface area contributed by atoms with E-state index in [0.29, 0.717) is 15.9 Å². The lowest BCUT2D eigenvalue weighted by molar-refractivity contribution is 0.776. The van der Waals surface area contributed by atoms with Crippen LogP contribution in [0, 0.1) is 0 Å². The summed E-state index contributed by atoms with van der Waals surface area (Å²) in [5, 5.41) is 3.32. The van der Waals surface area contributed by atoms with E-state index in [1.54, 1.807) is 0 Å². The Hall–Kier alpha value is -0.120. The lowest BCUT2D eigenvalue weighted by Gasteiger charge is -1.96. The number of thiazole rings is 1. The molecule has 0 bridgehead atoms. The molecule has 0 saturated carbocycles. The molecule has 68 valence electrons. The van der Waals surface area contributed by atoms with Crippen molar-refractivity contribution in [3.8, 4) is 0 Å². The van der Waals surface area contributed by atoms with Crippen molar-refractivity contribution in [1.29, 1.82) is 0 Å². The predicted molar refractivity (Wildman–Crippen MR) is 54.0 cm³/mol. The summed E-state index contributed by atoms with van der Waals surface area (Å²) < 4.78 is 21.6. The maximum absolute atomic E-state index is 7.00. The van der Waals surface area contributed by atoms with Crippen molar-refractivity contribution in [2.45, 2.75) is 26.3 Å². The van der Waals surface area contributed by atoms with Crippen LogP contribution in [-0.2, 0) is 6.54 Å². The number of nitrogens with one attached hydrogen (secondary N) is 1. The van der Waals surface area contributed by atoms with Gasteiger partial charge < -0.3 is 5.32 Å². The summed E-state index contributed by atoms with van der Waals surface area (Å²) in [6, 6.07) is 0. The van der Waals surface area contributed by atoms with Gasteiger partial charge in [-0.15, -0.1) is 11.3 Å². The third kappa shape index (κ3) is 2.19. The Morgan fingerprint density at radius 1 is 1.75 bits per heavy atom. The Bertz CT molecular complexity index is 335. The van der Waals surface area contributed by atoms with Crippen LogP contribution in [0.2, 0.25) is 4.34 Å². The highest BCUT2D eigenvalue weighted by Crippen LogP contribution is 2.28. The minimum atomic E-state index is -2.15. The maximum Gasteiger partial charge on any atom is 0.117 e. The van der Waals surface area contributed by atoms with Crippen molar-refractivity contribution >= 4 is 22.9 Å². The summed E-state index contributed by atoms with van der Waals surface area (Å²) in [4.78, 5) is 4.29. The molecule has 0 aliphatic rings. The third-order valence-electron chi connectivity index (χ3n) is 1.42. The van der Waals surface area contributed by atoms with E-state index in [9.17, 15) is 0 Å². The number of hydrogen-bond donors (Lipinski definition) is 1. The summed E-state index contributed by atoms with van der Waals surface area (Å²) in [5.74, 6) is 0.314. The monoisotopic (exact) mass is 207 g/mol. The van der Waals surface area contributed by atoms with Gasteiger partial charge in [-0.25, -0.2) is 4.98 Å². The number of halogens is 1. The van der Waals surface area contributed by atoms with Gasteiger partial charge in [-0.2, -0.15) is 0 Å². The fourth-order valence-electron chi connectivity index (χ4n) is 0.790. The van der Waals surface area contributed by atoms with E-state index < -0.39 is 6.98 Å². The van der Waals surface area contributed by atoms with E-state index in [0.717, 1.165) is 5.01 Å². The standard InChI is InChI=1S/C8H13ClN2S/c1-5(2)8-11-6(4-10-3)7(9)12-8/h5,10H,4H2,1-3H3/i3D3.